The van der Waals surface area contributed by atoms with E-state index in [0.717, 1.165) is 22.4 Å². The molecule has 2 aromatic rings. The molecule has 7 heteroatoms. The first-order valence-electron chi connectivity index (χ1n) is 9.11. The molecule has 0 bridgehead atoms. The van der Waals surface area contributed by atoms with E-state index in [1.54, 1.807) is 0 Å². The van der Waals surface area contributed by atoms with Crippen LogP contribution in [0.4, 0.5) is 16.2 Å². The Morgan fingerprint density at radius 2 is 1.81 bits per heavy atom. The van der Waals surface area contributed by atoms with Crippen LogP contribution < -0.4 is 10.6 Å². The predicted octanol–water partition coefficient (Wildman–Crippen LogP) is 3.74. The lowest BCUT2D eigenvalue weighted by Gasteiger charge is -2.28. The van der Waals surface area contributed by atoms with Gasteiger partial charge in [0.05, 0.1) is 5.75 Å². The van der Waals surface area contributed by atoms with Gasteiger partial charge in [0.25, 0.3) is 0 Å². The molecule has 3 rings (SSSR count). The van der Waals surface area contributed by atoms with E-state index >= 15 is 0 Å². The highest BCUT2D eigenvalue weighted by molar-refractivity contribution is 7.89. The van der Waals surface area contributed by atoms with Crippen molar-refractivity contribution in [3.05, 3.63) is 59.2 Å². The summed E-state index contributed by atoms with van der Waals surface area (Å²) in [7, 11) is -3.22. The van der Waals surface area contributed by atoms with E-state index < -0.39 is 10.0 Å². The molecule has 0 fully saturated rings. The number of aryl methyl sites for hydroxylation is 1. The molecule has 27 heavy (non-hydrogen) atoms. The van der Waals surface area contributed by atoms with E-state index in [9.17, 15) is 13.2 Å². The molecule has 0 unspecified atom stereocenters. The largest absolute Gasteiger partial charge is 0.323 e. The fourth-order valence-electron chi connectivity index (χ4n) is 3.25. The van der Waals surface area contributed by atoms with E-state index in [-0.39, 0.29) is 11.8 Å². The fourth-order valence-corrected chi connectivity index (χ4v) is 4.73. The maximum Gasteiger partial charge on any atom is 0.323 e. The average molecular weight is 388 g/mol. The van der Waals surface area contributed by atoms with Gasteiger partial charge >= 0.3 is 6.03 Å². The molecule has 0 atom stereocenters. The molecule has 1 heterocycles. The van der Waals surface area contributed by atoms with Crippen molar-refractivity contribution < 1.29 is 13.2 Å². The van der Waals surface area contributed by atoms with Gasteiger partial charge < -0.3 is 10.6 Å². The smallest absolute Gasteiger partial charge is 0.308 e. The molecule has 0 saturated carbocycles. The molecule has 2 aromatic carbocycles. The van der Waals surface area contributed by atoms with Gasteiger partial charge in [-0.05, 0) is 60.7 Å². The molecule has 2 amide bonds. The van der Waals surface area contributed by atoms with Crippen molar-refractivity contribution in [1.82, 2.24) is 4.31 Å². The molecule has 1 aliphatic heterocycles. The summed E-state index contributed by atoms with van der Waals surface area (Å²) in [5.41, 5.74) is 4.50. The molecule has 144 valence electrons. The standard InChI is InChI=1S/C20H25N3O3S/c1-3-11-27(25,26)23-10-9-16-7-8-19(13-17(16)14-23)22-20(24)21-18-6-4-5-15(2)12-18/h4-8,12-13H,3,9-11,14H2,1-2H3,(H2,21,22,24). The summed E-state index contributed by atoms with van der Waals surface area (Å²) in [5, 5.41) is 5.63. The Hall–Kier alpha value is -2.38. The van der Waals surface area contributed by atoms with Gasteiger partial charge in [-0.3, -0.25) is 0 Å². The van der Waals surface area contributed by atoms with Gasteiger partial charge in [-0.2, -0.15) is 4.31 Å². The summed E-state index contributed by atoms with van der Waals surface area (Å²) >= 11 is 0. The maximum absolute atomic E-state index is 12.3. The highest BCUT2D eigenvalue weighted by Crippen LogP contribution is 2.25. The Morgan fingerprint density at radius 1 is 1.07 bits per heavy atom. The number of nitrogens with zero attached hydrogens (tertiary/aromatic N) is 1. The van der Waals surface area contributed by atoms with Crippen LogP contribution in [0.1, 0.15) is 30.0 Å². The Kier molecular flexibility index (Phi) is 5.82. The zero-order chi connectivity index (χ0) is 19.4. The molecular formula is C20H25N3O3S. The quantitative estimate of drug-likeness (QED) is 0.820. The number of carbonyl (C=O) groups is 1. The van der Waals surface area contributed by atoms with Crippen molar-refractivity contribution in [2.75, 3.05) is 22.9 Å². The van der Waals surface area contributed by atoms with Gasteiger partial charge in [0.2, 0.25) is 10.0 Å². The number of carbonyl (C=O) groups excluding carboxylic acids is 1. The van der Waals surface area contributed by atoms with Gasteiger partial charge in [0, 0.05) is 24.5 Å². The van der Waals surface area contributed by atoms with E-state index in [2.05, 4.69) is 10.6 Å². The van der Waals surface area contributed by atoms with Crippen LogP contribution >= 0.6 is 0 Å². The highest BCUT2D eigenvalue weighted by atomic mass is 32.2. The molecule has 2 N–H and O–H groups in total. The number of hydrogen-bond donors (Lipinski definition) is 2. The van der Waals surface area contributed by atoms with Crippen molar-refractivity contribution in [3.8, 4) is 0 Å². The van der Waals surface area contributed by atoms with Crippen molar-refractivity contribution in [1.29, 1.82) is 0 Å². The number of fused-ring (bicyclic) bond motifs is 1. The average Bonchev–Trinajstić information content (AvgIpc) is 2.61. The Balaban J connectivity index is 1.70. The third-order valence-electron chi connectivity index (χ3n) is 4.57. The van der Waals surface area contributed by atoms with Crippen molar-refractivity contribution in [2.45, 2.75) is 33.2 Å². The van der Waals surface area contributed by atoms with Crippen LogP contribution in [0.15, 0.2) is 42.5 Å². The topological polar surface area (TPSA) is 78.5 Å². The molecule has 0 radical (unpaired) electrons. The minimum Gasteiger partial charge on any atom is -0.308 e. The van der Waals surface area contributed by atoms with Crippen molar-refractivity contribution in [2.24, 2.45) is 0 Å². The predicted molar refractivity (Wildman–Crippen MR) is 108 cm³/mol. The van der Waals surface area contributed by atoms with E-state index in [4.69, 9.17) is 0 Å². The van der Waals surface area contributed by atoms with Crippen LogP contribution in [0, 0.1) is 6.92 Å². The monoisotopic (exact) mass is 387 g/mol. The molecule has 0 aromatic heterocycles. The Morgan fingerprint density at radius 3 is 2.52 bits per heavy atom. The second-order valence-corrected chi connectivity index (χ2v) is 8.92. The van der Waals surface area contributed by atoms with Gasteiger partial charge in [-0.1, -0.05) is 25.1 Å². The third-order valence-corrected chi connectivity index (χ3v) is 6.60. The summed E-state index contributed by atoms with van der Waals surface area (Å²) in [5.74, 6) is 0.166. The van der Waals surface area contributed by atoms with Gasteiger partial charge in [-0.15, -0.1) is 0 Å². The number of anilines is 2. The van der Waals surface area contributed by atoms with E-state index in [0.29, 0.717) is 31.6 Å². The van der Waals surface area contributed by atoms with Crippen LogP contribution in [0.5, 0.6) is 0 Å². The lowest BCUT2D eigenvalue weighted by Crippen LogP contribution is -2.37. The van der Waals surface area contributed by atoms with Crippen LogP contribution in [-0.2, 0) is 23.0 Å². The highest BCUT2D eigenvalue weighted by Gasteiger charge is 2.26. The lowest BCUT2D eigenvalue weighted by molar-refractivity contribution is 0.262. The number of benzene rings is 2. The van der Waals surface area contributed by atoms with Crippen LogP contribution in [0.2, 0.25) is 0 Å². The molecule has 1 aliphatic rings. The zero-order valence-corrected chi connectivity index (χ0v) is 16.5. The SMILES string of the molecule is CCCS(=O)(=O)N1CCc2ccc(NC(=O)Nc3cccc(C)c3)cc2C1. The molecule has 0 aliphatic carbocycles. The van der Waals surface area contributed by atoms with Crippen LogP contribution in [-0.4, -0.2) is 31.1 Å². The molecular weight excluding hydrogens is 362 g/mol. The number of hydrogen-bond acceptors (Lipinski definition) is 3. The van der Waals surface area contributed by atoms with E-state index in [1.165, 1.54) is 4.31 Å². The Bertz CT molecular complexity index is 941. The second-order valence-electron chi connectivity index (χ2n) is 6.83. The first-order chi connectivity index (χ1) is 12.9. The summed E-state index contributed by atoms with van der Waals surface area (Å²) in [6.45, 7) is 4.69. The van der Waals surface area contributed by atoms with Gasteiger partial charge in [0.1, 0.15) is 0 Å². The van der Waals surface area contributed by atoms with Crippen LogP contribution in [0.25, 0.3) is 0 Å². The summed E-state index contributed by atoms with van der Waals surface area (Å²) in [4.78, 5) is 12.2. The minimum atomic E-state index is -3.22. The number of sulfonamides is 1. The molecule has 0 saturated heterocycles. The van der Waals surface area contributed by atoms with Crippen LogP contribution in [0.3, 0.4) is 0 Å². The molecule has 6 nitrogen and oxygen atoms in total. The third kappa shape index (κ3) is 4.87. The number of amides is 2. The Labute approximate surface area is 160 Å². The van der Waals surface area contributed by atoms with Gasteiger partial charge in [0.15, 0.2) is 0 Å². The first-order valence-corrected chi connectivity index (χ1v) is 10.7. The summed E-state index contributed by atoms with van der Waals surface area (Å²) in [6, 6.07) is 12.9. The minimum absolute atomic E-state index is 0.166. The zero-order valence-electron chi connectivity index (χ0n) is 15.7. The second kappa shape index (κ2) is 8.10. The maximum atomic E-state index is 12.3. The fraction of sp³-hybridized carbons (Fsp3) is 0.350. The molecule has 0 spiro atoms. The first kappa shape index (κ1) is 19.4. The number of urea groups is 1. The lowest BCUT2D eigenvalue weighted by atomic mass is 10.0. The van der Waals surface area contributed by atoms with Crippen molar-refractivity contribution in [3.63, 3.8) is 0 Å². The summed E-state index contributed by atoms with van der Waals surface area (Å²) < 4.78 is 26.2. The number of nitrogens with one attached hydrogen (secondary N) is 2. The number of rotatable bonds is 5. The van der Waals surface area contributed by atoms with Gasteiger partial charge in [-0.25, -0.2) is 13.2 Å². The normalized spacial score (nSPS) is 14.4. The summed E-state index contributed by atoms with van der Waals surface area (Å²) in [6.07, 6.45) is 1.29. The van der Waals surface area contributed by atoms with Crippen molar-refractivity contribution >= 4 is 27.4 Å². The van der Waals surface area contributed by atoms with E-state index in [1.807, 2.05) is 56.3 Å².